The molecule has 2 atom stereocenters. The number of anilines is 1. The van der Waals surface area contributed by atoms with E-state index in [4.69, 9.17) is 26.2 Å². The Labute approximate surface area is 232 Å². The Hall–Kier alpha value is -2.57. The Morgan fingerprint density at radius 3 is 2.82 bits per heavy atom. The van der Waals surface area contributed by atoms with Gasteiger partial charge in [0.2, 0.25) is 11.8 Å². The van der Waals surface area contributed by atoms with Gasteiger partial charge in [-0.05, 0) is 41.8 Å². The van der Waals surface area contributed by atoms with Gasteiger partial charge in [0.1, 0.15) is 42.9 Å². The van der Waals surface area contributed by atoms with E-state index < -0.39 is 12.7 Å². The molecule has 0 aliphatic carbocycles. The number of aromatic nitrogens is 2. The van der Waals surface area contributed by atoms with Crippen LogP contribution in [0.4, 0.5) is 10.1 Å². The molecule has 1 aliphatic rings. The number of hydrogen-bond acceptors (Lipinski definition) is 9. The maximum atomic E-state index is 13.4. The molecular formula is C26H27ClFN3O5S2. The van der Waals surface area contributed by atoms with Crippen molar-refractivity contribution in [1.29, 1.82) is 0 Å². The van der Waals surface area contributed by atoms with Gasteiger partial charge >= 0.3 is 0 Å². The Morgan fingerprint density at radius 1 is 1.21 bits per heavy atom. The third-order valence-corrected chi connectivity index (χ3v) is 8.80. The van der Waals surface area contributed by atoms with Crippen molar-refractivity contribution in [2.45, 2.75) is 37.2 Å². The smallest absolute Gasteiger partial charge is 0.241 e. The molecule has 1 amide bonds. The number of carbonyl (C=O) groups is 1. The van der Waals surface area contributed by atoms with E-state index in [2.05, 4.69) is 15.3 Å². The van der Waals surface area contributed by atoms with Crippen LogP contribution in [0.3, 0.4) is 0 Å². The van der Waals surface area contributed by atoms with Crippen molar-refractivity contribution in [3.63, 3.8) is 0 Å². The summed E-state index contributed by atoms with van der Waals surface area (Å²) < 4.78 is 24.8. The number of hydrogen-bond donors (Lipinski definition) is 3. The van der Waals surface area contributed by atoms with Gasteiger partial charge in [0.25, 0.3) is 0 Å². The molecule has 38 heavy (non-hydrogen) atoms. The highest BCUT2D eigenvalue weighted by Gasteiger charge is 2.23. The minimum atomic E-state index is -1.09. The van der Waals surface area contributed by atoms with Crippen molar-refractivity contribution < 1.29 is 28.9 Å². The molecule has 202 valence electrons. The first-order valence-corrected chi connectivity index (χ1v) is 14.7. The van der Waals surface area contributed by atoms with Gasteiger partial charge < -0.3 is 25.0 Å². The van der Waals surface area contributed by atoms with Crippen LogP contribution in [-0.2, 0) is 17.8 Å². The third kappa shape index (κ3) is 8.21. The minimum Gasteiger partial charge on any atom is -0.487 e. The van der Waals surface area contributed by atoms with E-state index in [-0.39, 0.29) is 36.1 Å². The second-order valence-corrected chi connectivity index (χ2v) is 11.8. The SMILES string of the molecule is O=C(C[C@H]1CCSS1)Nc1c(Cc2ccc(OCc3cccc(F)c3)c(Cl)c2)ncnc1OC[C@H](O)CO. The fourth-order valence-corrected chi connectivity index (χ4v) is 6.82. The number of aliphatic hydroxyl groups is 2. The largest absolute Gasteiger partial charge is 0.487 e. The van der Waals surface area contributed by atoms with Crippen LogP contribution in [0.2, 0.25) is 5.02 Å². The highest BCUT2D eigenvalue weighted by Crippen LogP contribution is 2.39. The fraction of sp³-hybridized carbons (Fsp3) is 0.346. The molecule has 0 bridgehead atoms. The number of amides is 1. The maximum absolute atomic E-state index is 13.4. The summed E-state index contributed by atoms with van der Waals surface area (Å²) >= 11 is 6.46. The topological polar surface area (TPSA) is 114 Å². The van der Waals surface area contributed by atoms with Crippen molar-refractivity contribution in [2.24, 2.45) is 0 Å². The maximum Gasteiger partial charge on any atom is 0.241 e. The van der Waals surface area contributed by atoms with E-state index in [0.717, 1.165) is 17.7 Å². The molecule has 1 fully saturated rings. The van der Waals surface area contributed by atoms with Gasteiger partial charge in [-0.3, -0.25) is 4.79 Å². The number of aliphatic hydroxyl groups excluding tert-OH is 2. The second-order valence-electron chi connectivity index (χ2n) is 8.59. The van der Waals surface area contributed by atoms with Crippen LogP contribution >= 0.6 is 33.2 Å². The zero-order valence-corrected chi connectivity index (χ0v) is 22.7. The molecule has 1 aliphatic heterocycles. The molecule has 0 saturated carbocycles. The molecule has 2 heterocycles. The summed E-state index contributed by atoms with van der Waals surface area (Å²) in [6, 6.07) is 11.4. The predicted octanol–water partition coefficient (Wildman–Crippen LogP) is 4.65. The standard InChI is InChI=1S/C26H27ClFN3O5S2/c27-21-9-16(4-5-23(21)35-13-17-2-1-3-18(28)8-17)10-22-25(31-24(34)11-20-6-7-37-38-20)26(30-15-29-22)36-14-19(33)12-32/h1-5,8-9,15,19-20,32-33H,6-7,10-14H2,(H,31,34)/t19-,20-/m1/s1. The van der Waals surface area contributed by atoms with Crippen LogP contribution in [0.25, 0.3) is 0 Å². The molecular weight excluding hydrogens is 553 g/mol. The normalized spacial score (nSPS) is 15.7. The Morgan fingerprint density at radius 2 is 2.08 bits per heavy atom. The summed E-state index contributed by atoms with van der Waals surface area (Å²) in [6.07, 6.45) is 1.82. The molecule has 3 N–H and O–H groups in total. The average molecular weight is 580 g/mol. The molecule has 0 radical (unpaired) electrons. The number of ether oxygens (including phenoxy) is 2. The molecule has 3 aromatic rings. The average Bonchev–Trinajstić information content (AvgIpc) is 3.41. The Kier molecular flexibility index (Phi) is 10.5. The summed E-state index contributed by atoms with van der Waals surface area (Å²) in [5.41, 5.74) is 2.28. The predicted molar refractivity (Wildman–Crippen MR) is 147 cm³/mol. The van der Waals surface area contributed by atoms with Gasteiger partial charge in [-0.25, -0.2) is 9.37 Å². The first-order chi connectivity index (χ1) is 18.4. The van der Waals surface area contributed by atoms with Gasteiger partial charge in [0, 0.05) is 23.8 Å². The molecule has 8 nitrogen and oxygen atoms in total. The van der Waals surface area contributed by atoms with Crippen molar-refractivity contribution >= 4 is 44.8 Å². The van der Waals surface area contributed by atoms with Crippen LogP contribution in [0.15, 0.2) is 48.8 Å². The molecule has 4 rings (SSSR count). The number of benzene rings is 2. The summed E-state index contributed by atoms with van der Waals surface area (Å²) in [5.74, 6) is 1.04. The zero-order chi connectivity index (χ0) is 26.9. The lowest BCUT2D eigenvalue weighted by Crippen LogP contribution is -2.23. The number of nitrogens with one attached hydrogen (secondary N) is 1. The lowest BCUT2D eigenvalue weighted by molar-refractivity contribution is -0.116. The van der Waals surface area contributed by atoms with Gasteiger partial charge in [0.05, 0.1) is 17.3 Å². The van der Waals surface area contributed by atoms with E-state index in [9.17, 15) is 14.3 Å². The number of rotatable bonds is 12. The summed E-state index contributed by atoms with van der Waals surface area (Å²) in [7, 11) is 3.46. The molecule has 1 saturated heterocycles. The van der Waals surface area contributed by atoms with Crippen LogP contribution in [-0.4, -0.2) is 56.4 Å². The van der Waals surface area contributed by atoms with Crippen molar-refractivity contribution in [1.82, 2.24) is 9.97 Å². The van der Waals surface area contributed by atoms with E-state index in [0.29, 0.717) is 40.6 Å². The van der Waals surface area contributed by atoms with Crippen molar-refractivity contribution in [3.05, 3.63) is 76.5 Å². The summed E-state index contributed by atoms with van der Waals surface area (Å²) in [5, 5.41) is 22.3. The molecule has 12 heteroatoms. The molecule has 1 aromatic heterocycles. The van der Waals surface area contributed by atoms with E-state index in [1.165, 1.54) is 18.5 Å². The molecule has 0 unspecified atom stereocenters. The summed E-state index contributed by atoms with van der Waals surface area (Å²) in [6.45, 7) is -0.506. The summed E-state index contributed by atoms with van der Waals surface area (Å²) in [4.78, 5) is 21.3. The van der Waals surface area contributed by atoms with Gasteiger partial charge in [-0.1, -0.05) is 51.4 Å². The lowest BCUT2D eigenvalue weighted by atomic mass is 10.1. The van der Waals surface area contributed by atoms with Crippen molar-refractivity contribution in [3.8, 4) is 11.6 Å². The van der Waals surface area contributed by atoms with Gasteiger partial charge in [-0.2, -0.15) is 4.98 Å². The molecule has 2 aromatic carbocycles. The first kappa shape index (κ1) is 28.4. The van der Waals surface area contributed by atoms with Crippen molar-refractivity contribution in [2.75, 3.05) is 24.3 Å². The number of halogens is 2. The second kappa shape index (κ2) is 14.0. The highest BCUT2D eigenvalue weighted by molar-refractivity contribution is 8.77. The van der Waals surface area contributed by atoms with E-state index >= 15 is 0 Å². The fourth-order valence-electron chi connectivity index (χ4n) is 3.66. The third-order valence-electron chi connectivity index (χ3n) is 5.57. The van der Waals surface area contributed by atoms with Crippen LogP contribution in [0.5, 0.6) is 11.6 Å². The number of carbonyl (C=O) groups excluding carboxylic acids is 1. The molecule has 0 spiro atoms. The van der Waals surface area contributed by atoms with Crippen LogP contribution < -0.4 is 14.8 Å². The minimum absolute atomic E-state index is 0.102. The highest BCUT2D eigenvalue weighted by atomic mass is 35.5. The van der Waals surface area contributed by atoms with E-state index in [1.807, 2.05) is 6.07 Å². The zero-order valence-electron chi connectivity index (χ0n) is 20.3. The Balaban J connectivity index is 1.50. The lowest BCUT2D eigenvalue weighted by Gasteiger charge is -2.17. The Bertz CT molecular complexity index is 1250. The monoisotopic (exact) mass is 579 g/mol. The quantitative estimate of drug-likeness (QED) is 0.264. The van der Waals surface area contributed by atoms with Crippen LogP contribution in [0, 0.1) is 5.82 Å². The van der Waals surface area contributed by atoms with Crippen LogP contribution in [0.1, 0.15) is 29.7 Å². The van der Waals surface area contributed by atoms with Gasteiger partial charge in [0.15, 0.2) is 0 Å². The first-order valence-electron chi connectivity index (χ1n) is 11.9. The van der Waals surface area contributed by atoms with E-state index in [1.54, 1.807) is 45.9 Å². The number of nitrogens with zero attached hydrogens (tertiary/aromatic N) is 2. The van der Waals surface area contributed by atoms with Gasteiger partial charge in [-0.15, -0.1) is 0 Å².